The zero-order chi connectivity index (χ0) is 13.4. The van der Waals surface area contributed by atoms with Crippen LogP contribution in [0.3, 0.4) is 0 Å². The Morgan fingerprint density at radius 2 is 1.80 bits per heavy atom. The second-order valence-corrected chi connectivity index (χ2v) is 4.58. The van der Waals surface area contributed by atoms with Crippen LogP contribution in [-0.2, 0) is 0 Å². The number of hydrogen-bond acceptors (Lipinski definition) is 4. The zero-order valence-electron chi connectivity index (χ0n) is 10.7. The molecule has 3 aromatic rings. The molecule has 0 bridgehead atoms. The third-order valence-corrected chi connectivity index (χ3v) is 3.27. The van der Waals surface area contributed by atoms with Gasteiger partial charge in [-0.3, -0.25) is 10.1 Å². The molecule has 3 heterocycles. The van der Waals surface area contributed by atoms with Crippen molar-refractivity contribution in [3.63, 3.8) is 0 Å². The number of hydrogen-bond donors (Lipinski definition) is 1. The average Bonchev–Trinajstić information content (AvgIpc) is 2.99. The van der Waals surface area contributed by atoms with Gasteiger partial charge in [-0.2, -0.15) is 0 Å². The molecule has 4 rings (SSSR count). The van der Waals surface area contributed by atoms with Gasteiger partial charge in [-0.05, 0) is 35.7 Å². The van der Waals surface area contributed by atoms with E-state index >= 15 is 0 Å². The van der Waals surface area contributed by atoms with Gasteiger partial charge >= 0.3 is 0 Å². The van der Waals surface area contributed by atoms with Gasteiger partial charge in [-0.1, -0.05) is 0 Å². The molecule has 2 aromatic heterocycles. The van der Waals surface area contributed by atoms with E-state index in [4.69, 9.17) is 9.47 Å². The van der Waals surface area contributed by atoms with E-state index in [9.17, 15) is 0 Å². The maximum Gasteiger partial charge on any atom is 0.162 e. The van der Waals surface area contributed by atoms with Crippen molar-refractivity contribution >= 4 is 16.6 Å². The van der Waals surface area contributed by atoms with Crippen LogP contribution in [0.1, 0.15) is 0 Å². The quantitative estimate of drug-likeness (QED) is 0.775. The minimum atomic E-state index is 0.582. The highest BCUT2D eigenvalue weighted by atomic mass is 16.6. The number of nitrogens with one attached hydrogen (secondary N) is 1. The first kappa shape index (κ1) is 11.2. The molecule has 100 valence electrons. The lowest BCUT2D eigenvalue weighted by atomic mass is 10.1. The Labute approximate surface area is 115 Å². The molecule has 1 aromatic carbocycles. The van der Waals surface area contributed by atoms with Gasteiger partial charge in [-0.25, -0.2) is 4.98 Å². The van der Waals surface area contributed by atoms with Crippen LogP contribution in [-0.4, -0.2) is 22.9 Å². The Morgan fingerprint density at radius 1 is 1.05 bits per heavy atom. The number of nitrogens with zero attached hydrogens (tertiary/aromatic N) is 2. The van der Waals surface area contributed by atoms with Gasteiger partial charge in [0.25, 0.3) is 0 Å². The molecule has 0 spiro atoms. The van der Waals surface area contributed by atoms with Crippen molar-refractivity contribution in [1.29, 1.82) is 0 Å². The van der Waals surface area contributed by atoms with Gasteiger partial charge in [0, 0.05) is 24.0 Å². The first-order chi connectivity index (χ1) is 9.90. The van der Waals surface area contributed by atoms with E-state index in [2.05, 4.69) is 10.4 Å². The standard InChI is InChI=1S/C15H13N3O2/c1-2-6-18(5-1)17-15-12-10-14-13(19-7-8-20-14)9-11(12)3-4-16-15/h1-6,9-10H,7-8H2,(H,16,17). The number of benzene rings is 1. The minimum absolute atomic E-state index is 0.582. The SMILES string of the molecule is c1ccn(Nc2nccc3cc4c(cc23)OCCO4)c1. The highest BCUT2D eigenvalue weighted by Crippen LogP contribution is 2.36. The molecular weight excluding hydrogens is 254 g/mol. The number of rotatable bonds is 2. The molecule has 0 atom stereocenters. The lowest BCUT2D eigenvalue weighted by Gasteiger charge is -2.19. The van der Waals surface area contributed by atoms with E-state index in [1.54, 1.807) is 6.20 Å². The second kappa shape index (κ2) is 4.45. The van der Waals surface area contributed by atoms with Crippen molar-refractivity contribution in [2.45, 2.75) is 0 Å². The van der Waals surface area contributed by atoms with Crippen LogP contribution in [0.4, 0.5) is 5.82 Å². The van der Waals surface area contributed by atoms with Crippen molar-refractivity contribution in [3.8, 4) is 11.5 Å². The Balaban J connectivity index is 1.84. The maximum atomic E-state index is 5.63. The molecule has 5 nitrogen and oxygen atoms in total. The van der Waals surface area contributed by atoms with Crippen molar-refractivity contribution in [2.75, 3.05) is 18.6 Å². The topological polar surface area (TPSA) is 48.3 Å². The Hall–Kier alpha value is -2.69. The van der Waals surface area contributed by atoms with Gasteiger partial charge in [0.05, 0.1) is 0 Å². The van der Waals surface area contributed by atoms with Crippen LogP contribution in [0.15, 0.2) is 48.9 Å². The van der Waals surface area contributed by atoms with E-state index in [1.807, 2.05) is 47.4 Å². The van der Waals surface area contributed by atoms with E-state index in [0.717, 1.165) is 28.1 Å². The zero-order valence-corrected chi connectivity index (χ0v) is 10.7. The van der Waals surface area contributed by atoms with Gasteiger partial charge in [0.1, 0.15) is 13.2 Å². The second-order valence-electron chi connectivity index (χ2n) is 4.58. The van der Waals surface area contributed by atoms with Gasteiger partial charge in [0.15, 0.2) is 17.3 Å². The lowest BCUT2D eigenvalue weighted by Crippen LogP contribution is -2.15. The van der Waals surface area contributed by atoms with Crippen LogP contribution in [0.2, 0.25) is 0 Å². The van der Waals surface area contributed by atoms with Gasteiger partial charge in [-0.15, -0.1) is 0 Å². The predicted molar refractivity (Wildman–Crippen MR) is 76.2 cm³/mol. The summed E-state index contributed by atoms with van der Waals surface area (Å²) in [4.78, 5) is 4.40. The summed E-state index contributed by atoms with van der Waals surface area (Å²) >= 11 is 0. The first-order valence-electron chi connectivity index (χ1n) is 6.48. The molecule has 0 unspecified atom stereocenters. The van der Waals surface area contributed by atoms with Crippen molar-refractivity contribution in [2.24, 2.45) is 0 Å². The molecule has 0 aliphatic carbocycles. The van der Waals surface area contributed by atoms with Crippen LogP contribution >= 0.6 is 0 Å². The van der Waals surface area contributed by atoms with Crippen LogP contribution in [0.25, 0.3) is 10.8 Å². The summed E-state index contributed by atoms with van der Waals surface area (Å²) in [5.41, 5.74) is 3.24. The third kappa shape index (κ3) is 1.84. The molecule has 1 aliphatic heterocycles. The van der Waals surface area contributed by atoms with E-state index in [0.29, 0.717) is 13.2 Å². The maximum absolute atomic E-state index is 5.63. The number of pyridine rings is 1. The number of ether oxygens (including phenoxy) is 2. The highest BCUT2D eigenvalue weighted by molar-refractivity contribution is 5.94. The van der Waals surface area contributed by atoms with Gasteiger partial charge < -0.3 is 9.47 Å². The molecule has 1 N–H and O–H groups in total. The predicted octanol–water partition coefficient (Wildman–Crippen LogP) is 2.68. The Bertz CT molecular complexity index is 753. The highest BCUT2D eigenvalue weighted by Gasteiger charge is 2.14. The fraction of sp³-hybridized carbons (Fsp3) is 0.133. The summed E-state index contributed by atoms with van der Waals surface area (Å²) in [5.74, 6) is 2.35. The largest absolute Gasteiger partial charge is 0.486 e. The number of anilines is 1. The van der Waals surface area contributed by atoms with E-state index in [1.165, 1.54) is 0 Å². The van der Waals surface area contributed by atoms with Gasteiger partial charge in [0.2, 0.25) is 0 Å². The minimum Gasteiger partial charge on any atom is -0.486 e. The summed E-state index contributed by atoms with van der Waals surface area (Å²) in [7, 11) is 0. The molecule has 0 saturated carbocycles. The number of aromatic nitrogens is 2. The molecule has 0 amide bonds. The first-order valence-corrected chi connectivity index (χ1v) is 6.48. The van der Waals surface area contributed by atoms with Crippen LogP contribution < -0.4 is 14.9 Å². The summed E-state index contributed by atoms with van der Waals surface area (Å²) in [6, 6.07) is 9.84. The normalized spacial score (nSPS) is 13.4. The monoisotopic (exact) mass is 267 g/mol. The fourth-order valence-electron chi connectivity index (χ4n) is 2.33. The van der Waals surface area contributed by atoms with Crippen molar-refractivity contribution in [1.82, 2.24) is 9.66 Å². The fourth-order valence-corrected chi connectivity index (χ4v) is 2.33. The smallest absolute Gasteiger partial charge is 0.162 e. The molecule has 0 saturated heterocycles. The number of fused-ring (bicyclic) bond motifs is 2. The molecular formula is C15H13N3O2. The van der Waals surface area contributed by atoms with E-state index in [-0.39, 0.29) is 0 Å². The van der Waals surface area contributed by atoms with Crippen molar-refractivity contribution in [3.05, 3.63) is 48.9 Å². The molecule has 20 heavy (non-hydrogen) atoms. The summed E-state index contributed by atoms with van der Waals surface area (Å²) in [5, 5.41) is 2.07. The summed E-state index contributed by atoms with van der Waals surface area (Å²) < 4.78 is 13.1. The van der Waals surface area contributed by atoms with E-state index < -0.39 is 0 Å². The summed E-state index contributed by atoms with van der Waals surface area (Å²) in [6.07, 6.45) is 5.64. The lowest BCUT2D eigenvalue weighted by molar-refractivity contribution is 0.172. The van der Waals surface area contributed by atoms with Crippen LogP contribution in [0, 0.1) is 0 Å². The molecule has 1 aliphatic rings. The average molecular weight is 267 g/mol. The molecule has 0 fully saturated rings. The van der Waals surface area contributed by atoms with Crippen LogP contribution in [0.5, 0.6) is 11.5 Å². The van der Waals surface area contributed by atoms with Crippen molar-refractivity contribution < 1.29 is 9.47 Å². The molecule has 0 radical (unpaired) electrons. The Kier molecular flexibility index (Phi) is 2.48. The molecule has 5 heteroatoms. The summed E-state index contributed by atoms with van der Waals surface area (Å²) in [6.45, 7) is 1.18. The third-order valence-electron chi connectivity index (χ3n) is 3.27. The Morgan fingerprint density at radius 3 is 2.60 bits per heavy atom.